The van der Waals surface area contributed by atoms with E-state index in [0.717, 1.165) is 34.0 Å². The van der Waals surface area contributed by atoms with Crippen molar-refractivity contribution in [1.29, 1.82) is 0 Å². The number of ether oxygens (including phenoxy) is 1. The molecule has 1 heterocycles. The van der Waals surface area contributed by atoms with Crippen molar-refractivity contribution in [3.8, 4) is 11.1 Å². The fourth-order valence-corrected chi connectivity index (χ4v) is 3.34. The van der Waals surface area contributed by atoms with Crippen molar-refractivity contribution < 1.29 is 22.7 Å². The van der Waals surface area contributed by atoms with Gasteiger partial charge in [0, 0.05) is 22.8 Å². The highest BCUT2D eigenvalue weighted by molar-refractivity contribution is 6.02. The van der Waals surface area contributed by atoms with E-state index >= 15 is 0 Å². The van der Waals surface area contributed by atoms with Crippen molar-refractivity contribution >= 4 is 28.2 Å². The molecule has 0 saturated heterocycles. The molecule has 0 aliphatic rings. The minimum atomic E-state index is -4.42. The molecule has 0 unspecified atom stereocenters. The first-order valence-corrected chi connectivity index (χ1v) is 9.37. The molecule has 4 nitrogen and oxygen atoms in total. The SMILES string of the molecule is COC(=O)c1ccc(-c2cnc(Nc3cccc(C(F)(F)F)c3)c3ccccc23)cc1. The summed E-state index contributed by atoms with van der Waals surface area (Å²) in [6.07, 6.45) is -2.77. The number of halogens is 3. The van der Waals surface area contributed by atoms with Gasteiger partial charge in [-0.25, -0.2) is 9.78 Å². The van der Waals surface area contributed by atoms with Crippen molar-refractivity contribution in [2.45, 2.75) is 6.18 Å². The minimum absolute atomic E-state index is 0.294. The Hall–Kier alpha value is -3.87. The van der Waals surface area contributed by atoms with Gasteiger partial charge in [-0.05, 0) is 41.3 Å². The van der Waals surface area contributed by atoms with Gasteiger partial charge in [0.15, 0.2) is 0 Å². The molecule has 1 aromatic heterocycles. The van der Waals surface area contributed by atoms with Gasteiger partial charge in [-0.3, -0.25) is 0 Å². The number of esters is 1. The quantitative estimate of drug-likeness (QED) is 0.384. The lowest BCUT2D eigenvalue weighted by Crippen LogP contribution is -2.05. The summed E-state index contributed by atoms with van der Waals surface area (Å²) < 4.78 is 43.8. The molecule has 0 atom stereocenters. The molecule has 0 spiro atoms. The standard InChI is InChI=1S/C24H17F3N2O2/c1-31-23(30)16-11-9-15(10-12-16)21-14-28-22(20-8-3-2-7-19(20)21)29-18-6-4-5-17(13-18)24(25,26)27/h2-14H,1H3,(H,28,29). The Kier molecular flexibility index (Phi) is 5.33. The molecular formula is C24H17F3N2O2. The maximum atomic E-state index is 13.0. The average molecular weight is 422 g/mol. The van der Waals surface area contributed by atoms with Crippen LogP contribution < -0.4 is 5.32 Å². The maximum Gasteiger partial charge on any atom is 0.416 e. The van der Waals surface area contributed by atoms with Crippen molar-refractivity contribution in [2.24, 2.45) is 0 Å². The molecule has 156 valence electrons. The van der Waals surface area contributed by atoms with Gasteiger partial charge in [-0.2, -0.15) is 13.2 Å². The van der Waals surface area contributed by atoms with Gasteiger partial charge in [0.2, 0.25) is 0 Å². The van der Waals surface area contributed by atoms with E-state index in [1.54, 1.807) is 36.5 Å². The van der Waals surface area contributed by atoms with E-state index in [1.165, 1.54) is 13.2 Å². The van der Waals surface area contributed by atoms with E-state index in [2.05, 4.69) is 10.3 Å². The van der Waals surface area contributed by atoms with E-state index in [1.807, 2.05) is 24.3 Å². The van der Waals surface area contributed by atoms with Crippen LogP contribution in [0.1, 0.15) is 15.9 Å². The van der Waals surface area contributed by atoms with Gasteiger partial charge in [-0.15, -0.1) is 0 Å². The van der Waals surface area contributed by atoms with Crippen LogP contribution in [0.2, 0.25) is 0 Å². The number of hydrogen-bond donors (Lipinski definition) is 1. The van der Waals surface area contributed by atoms with Crippen LogP contribution in [0.4, 0.5) is 24.7 Å². The topological polar surface area (TPSA) is 51.2 Å². The van der Waals surface area contributed by atoms with Crippen molar-refractivity contribution in [2.75, 3.05) is 12.4 Å². The lowest BCUT2D eigenvalue weighted by Gasteiger charge is -2.14. The fraction of sp³-hybridized carbons (Fsp3) is 0.0833. The number of nitrogens with zero attached hydrogens (tertiary/aromatic N) is 1. The number of methoxy groups -OCH3 is 1. The zero-order valence-electron chi connectivity index (χ0n) is 16.4. The molecule has 3 aromatic carbocycles. The highest BCUT2D eigenvalue weighted by atomic mass is 19.4. The summed E-state index contributed by atoms with van der Waals surface area (Å²) in [5.41, 5.74) is 1.68. The number of rotatable bonds is 4. The Labute approximate surface area is 176 Å². The number of hydrogen-bond acceptors (Lipinski definition) is 4. The summed E-state index contributed by atoms with van der Waals surface area (Å²) in [6.45, 7) is 0. The Morgan fingerprint density at radius 2 is 1.65 bits per heavy atom. The number of fused-ring (bicyclic) bond motifs is 1. The summed E-state index contributed by atoms with van der Waals surface area (Å²) in [4.78, 5) is 16.1. The van der Waals surface area contributed by atoms with Crippen LogP contribution in [-0.4, -0.2) is 18.1 Å². The third-order valence-corrected chi connectivity index (χ3v) is 4.86. The summed E-state index contributed by atoms with van der Waals surface area (Å²) in [7, 11) is 1.32. The molecule has 0 radical (unpaired) electrons. The first-order valence-electron chi connectivity index (χ1n) is 9.37. The lowest BCUT2D eigenvalue weighted by molar-refractivity contribution is -0.137. The Morgan fingerprint density at radius 3 is 2.32 bits per heavy atom. The number of carbonyl (C=O) groups excluding carboxylic acids is 1. The monoisotopic (exact) mass is 422 g/mol. The minimum Gasteiger partial charge on any atom is -0.465 e. The molecule has 0 fully saturated rings. The van der Waals surface area contributed by atoms with Gasteiger partial charge < -0.3 is 10.1 Å². The summed E-state index contributed by atoms with van der Waals surface area (Å²) in [6, 6.07) is 19.4. The third kappa shape index (κ3) is 4.21. The van der Waals surface area contributed by atoms with Crippen molar-refractivity contribution in [3.63, 3.8) is 0 Å². The van der Waals surface area contributed by atoms with E-state index in [9.17, 15) is 18.0 Å². The third-order valence-electron chi connectivity index (χ3n) is 4.86. The number of alkyl halides is 3. The Balaban J connectivity index is 1.73. The summed E-state index contributed by atoms with van der Waals surface area (Å²) >= 11 is 0. The second kappa shape index (κ2) is 8.10. The second-order valence-electron chi connectivity index (χ2n) is 6.84. The first kappa shape index (κ1) is 20.4. The smallest absolute Gasteiger partial charge is 0.416 e. The summed E-state index contributed by atoms with van der Waals surface area (Å²) in [5, 5.41) is 4.63. The predicted octanol–water partition coefficient (Wildman–Crippen LogP) is 6.45. The molecule has 1 N–H and O–H groups in total. The molecule has 0 bridgehead atoms. The largest absolute Gasteiger partial charge is 0.465 e. The Morgan fingerprint density at radius 1 is 0.935 bits per heavy atom. The van der Waals surface area contributed by atoms with E-state index < -0.39 is 17.7 Å². The number of anilines is 2. The molecule has 31 heavy (non-hydrogen) atoms. The van der Waals surface area contributed by atoms with E-state index in [0.29, 0.717) is 17.1 Å². The fourth-order valence-electron chi connectivity index (χ4n) is 3.34. The van der Waals surface area contributed by atoms with Gasteiger partial charge in [0.25, 0.3) is 0 Å². The van der Waals surface area contributed by atoms with Crippen LogP contribution in [0.5, 0.6) is 0 Å². The Bertz CT molecular complexity index is 1250. The molecule has 4 rings (SSSR count). The molecule has 0 amide bonds. The molecule has 4 aromatic rings. The lowest BCUT2D eigenvalue weighted by atomic mass is 9.99. The van der Waals surface area contributed by atoms with Crippen LogP contribution in [0.25, 0.3) is 21.9 Å². The number of benzene rings is 3. The number of carbonyl (C=O) groups is 1. The van der Waals surface area contributed by atoms with Gasteiger partial charge in [0.1, 0.15) is 5.82 Å². The molecule has 0 saturated carbocycles. The van der Waals surface area contributed by atoms with Crippen LogP contribution in [0.3, 0.4) is 0 Å². The molecule has 0 aliphatic heterocycles. The zero-order chi connectivity index (χ0) is 22.0. The van der Waals surface area contributed by atoms with Crippen LogP contribution in [0, 0.1) is 0 Å². The normalized spacial score (nSPS) is 11.4. The number of pyridine rings is 1. The van der Waals surface area contributed by atoms with Crippen molar-refractivity contribution in [3.05, 3.63) is 90.1 Å². The maximum absolute atomic E-state index is 13.0. The van der Waals surface area contributed by atoms with Crippen LogP contribution in [-0.2, 0) is 10.9 Å². The zero-order valence-corrected chi connectivity index (χ0v) is 16.4. The summed E-state index contributed by atoms with van der Waals surface area (Å²) in [5.74, 6) is 0.0278. The highest BCUT2D eigenvalue weighted by Gasteiger charge is 2.30. The molecular weight excluding hydrogens is 405 g/mol. The molecule has 0 aliphatic carbocycles. The van der Waals surface area contributed by atoms with Crippen LogP contribution in [0.15, 0.2) is 79.0 Å². The van der Waals surface area contributed by atoms with Gasteiger partial charge in [-0.1, -0.05) is 42.5 Å². The average Bonchev–Trinajstić information content (AvgIpc) is 2.78. The van der Waals surface area contributed by atoms with E-state index in [-0.39, 0.29) is 0 Å². The second-order valence-corrected chi connectivity index (χ2v) is 6.84. The van der Waals surface area contributed by atoms with Crippen LogP contribution >= 0.6 is 0 Å². The first-order chi connectivity index (χ1) is 14.9. The van der Waals surface area contributed by atoms with Crippen molar-refractivity contribution in [1.82, 2.24) is 4.98 Å². The predicted molar refractivity (Wildman–Crippen MR) is 113 cm³/mol. The number of aromatic nitrogens is 1. The molecule has 7 heteroatoms. The number of nitrogens with one attached hydrogen (secondary N) is 1. The highest BCUT2D eigenvalue weighted by Crippen LogP contribution is 2.35. The van der Waals surface area contributed by atoms with E-state index in [4.69, 9.17) is 4.74 Å². The van der Waals surface area contributed by atoms with Gasteiger partial charge >= 0.3 is 12.1 Å². The van der Waals surface area contributed by atoms with Gasteiger partial charge in [0.05, 0.1) is 18.2 Å².